The number of nitrogens with zero attached hydrogens (tertiary/aromatic N) is 1. The van der Waals surface area contributed by atoms with Crippen LogP contribution in [0.3, 0.4) is 0 Å². The second kappa shape index (κ2) is 3.37. The van der Waals surface area contributed by atoms with Crippen molar-refractivity contribution in [1.29, 1.82) is 0 Å². The molecule has 0 aromatic rings. The molecule has 2 saturated heterocycles. The lowest BCUT2D eigenvalue weighted by molar-refractivity contribution is -0.160. The molecule has 2 aliphatic heterocycles. The molecule has 15 heavy (non-hydrogen) atoms. The zero-order valence-corrected chi connectivity index (χ0v) is 9.42. The highest BCUT2D eigenvalue weighted by atomic mass is 32.2. The van der Waals surface area contributed by atoms with Crippen LogP contribution in [0, 0.1) is 5.92 Å². The number of amides is 1. The summed E-state index contributed by atoms with van der Waals surface area (Å²) in [6.07, 6.45) is 2.27. The average molecular weight is 228 g/mol. The van der Waals surface area contributed by atoms with Gasteiger partial charge in [0.2, 0.25) is 5.91 Å². The second-order valence-electron chi connectivity index (χ2n) is 4.84. The van der Waals surface area contributed by atoms with Gasteiger partial charge < -0.3 is 10.0 Å². The zero-order valence-electron chi connectivity index (χ0n) is 8.61. The van der Waals surface area contributed by atoms with E-state index in [0.29, 0.717) is 19.0 Å². The summed E-state index contributed by atoms with van der Waals surface area (Å²) in [6.45, 7) is 1.11. The molecule has 3 aliphatic rings. The lowest BCUT2D eigenvalue weighted by Crippen LogP contribution is -2.67. The maximum absolute atomic E-state index is 11.9. The molecule has 0 radical (unpaired) electrons. The molecular formula is C10H16N2O2S. The Morgan fingerprint density at radius 3 is 2.73 bits per heavy atom. The number of β-amino-alcohol motifs (C(OH)–C–C–N with tert-alkyl or cyclic N) is 1. The minimum absolute atomic E-state index is 0.0150. The van der Waals surface area contributed by atoms with Crippen LogP contribution in [0.1, 0.15) is 12.8 Å². The van der Waals surface area contributed by atoms with Crippen LogP contribution >= 0.6 is 11.8 Å². The first kappa shape index (κ1) is 9.93. The Morgan fingerprint density at radius 2 is 2.20 bits per heavy atom. The van der Waals surface area contributed by atoms with Crippen molar-refractivity contribution in [3.05, 3.63) is 0 Å². The van der Waals surface area contributed by atoms with E-state index in [1.807, 2.05) is 0 Å². The fourth-order valence-electron chi connectivity index (χ4n) is 2.42. The van der Waals surface area contributed by atoms with Crippen molar-refractivity contribution in [2.24, 2.45) is 5.92 Å². The maximum Gasteiger partial charge on any atom is 0.240 e. The highest BCUT2D eigenvalue weighted by Gasteiger charge is 2.53. The predicted molar refractivity (Wildman–Crippen MR) is 58.5 cm³/mol. The lowest BCUT2D eigenvalue weighted by Gasteiger charge is -2.47. The van der Waals surface area contributed by atoms with Gasteiger partial charge in [-0.2, -0.15) is 0 Å². The summed E-state index contributed by atoms with van der Waals surface area (Å²) in [5, 5.41) is 13.3. The van der Waals surface area contributed by atoms with Gasteiger partial charge in [-0.15, -0.1) is 11.8 Å². The van der Waals surface area contributed by atoms with Crippen molar-refractivity contribution in [2.75, 3.05) is 24.7 Å². The van der Waals surface area contributed by atoms with Crippen LogP contribution in [0.2, 0.25) is 0 Å². The maximum atomic E-state index is 11.9. The molecule has 1 amide bonds. The van der Waals surface area contributed by atoms with Crippen molar-refractivity contribution in [3.8, 4) is 0 Å². The summed E-state index contributed by atoms with van der Waals surface area (Å²) in [4.78, 5) is 13.7. The van der Waals surface area contributed by atoms with Crippen LogP contribution in [0.4, 0.5) is 0 Å². The van der Waals surface area contributed by atoms with Gasteiger partial charge in [0.1, 0.15) is 5.60 Å². The molecule has 2 N–H and O–H groups in total. The van der Waals surface area contributed by atoms with E-state index in [9.17, 15) is 9.90 Å². The van der Waals surface area contributed by atoms with E-state index >= 15 is 0 Å². The molecule has 2 heterocycles. The van der Waals surface area contributed by atoms with Crippen molar-refractivity contribution in [1.82, 2.24) is 10.2 Å². The quantitative estimate of drug-likeness (QED) is 0.677. The highest BCUT2D eigenvalue weighted by molar-refractivity contribution is 7.99. The third-order valence-electron chi connectivity index (χ3n) is 3.59. The van der Waals surface area contributed by atoms with Crippen molar-refractivity contribution < 1.29 is 9.90 Å². The van der Waals surface area contributed by atoms with Crippen LogP contribution in [0.25, 0.3) is 0 Å². The lowest BCUT2D eigenvalue weighted by atomic mass is 9.88. The molecule has 1 aliphatic carbocycles. The molecule has 5 heteroatoms. The van der Waals surface area contributed by atoms with E-state index in [-0.39, 0.29) is 11.9 Å². The Morgan fingerprint density at radius 1 is 1.47 bits per heavy atom. The zero-order chi connectivity index (χ0) is 10.5. The number of nitrogens with one attached hydrogen (secondary N) is 1. The monoisotopic (exact) mass is 228 g/mol. The van der Waals surface area contributed by atoms with Crippen LogP contribution < -0.4 is 5.32 Å². The Labute approximate surface area is 93.4 Å². The molecule has 1 saturated carbocycles. The van der Waals surface area contributed by atoms with E-state index in [2.05, 4.69) is 5.32 Å². The Hall–Kier alpha value is -0.260. The van der Waals surface area contributed by atoms with Crippen LogP contribution in [0.5, 0.6) is 0 Å². The topological polar surface area (TPSA) is 52.6 Å². The molecule has 1 atom stereocenters. The van der Waals surface area contributed by atoms with E-state index in [0.717, 1.165) is 24.5 Å². The van der Waals surface area contributed by atoms with Gasteiger partial charge in [0.25, 0.3) is 0 Å². The van der Waals surface area contributed by atoms with E-state index < -0.39 is 5.60 Å². The number of hydrogen-bond acceptors (Lipinski definition) is 4. The number of carbonyl (C=O) groups excluding carboxylic acids is 1. The van der Waals surface area contributed by atoms with Crippen LogP contribution in [0.15, 0.2) is 0 Å². The summed E-state index contributed by atoms with van der Waals surface area (Å²) in [5.41, 5.74) is -0.540. The fourth-order valence-corrected chi connectivity index (χ4v) is 3.36. The first-order chi connectivity index (χ1) is 7.19. The number of carbonyl (C=O) groups is 1. The van der Waals surface area contributed by atoms with Gasteiger partial charge in [0, 0.05) is 11.6 Å². The SMILES string of the molecule is O=C(C1CSCN1)N1CC(O)(C2CC2)C1. The number of aliphatic hydroxyl groups is 1. The molecule has 0 bridgehead atoms. The molecule has 0 spiro atoms. The van der Waals surface area contributed by atoms with Crippen molar-refractivity contribution in [3.63, 3.8) is 0 Å². The van der Waals surface area contributed by atoms with E-state index in [4.69, 9.17) is 0 Å². The standard InChI is InChI=1S/C10H16N2O2S/c13-9(8-3-15-6-11-8)12-4-10(14,5-12)7-1-2-7/h7-8,11,14H,1-6H2. The molecule has 1 unspecified atom stereocenters. The Kier molecular flexibility index (Phi) is 2.23. The number of rotatable bonds is 2. The highest BCUT2D eigenvalue weighted by Crippen LogP contribution is 2.44. The fraction of sp³-hybridized carbons (Fsp3) is 0.900. The van der Waals surface area contributed by atoms with Crippen LogP contribution in [-0.4, -0.2) is 52.3 Å². The van der Waals surface area contributed by atoms with Gasteiger partial charge in [0.05, 0.1) is 19.1 Å². The Bertz CT molecular complexity index is 281. The van der Waals surface area contributed by atoms with Gasteiger partial charge in [-0.1, -0.05) is 0 Å². The number of hydrogen-bond donors (Lipinski definition) is 2. The molecule has 0 aromatic heterocycles. The minimum atomic E-state index is -0.540. The largest absolute Gasteiger partial charge is 0.386 e. The van der Waals surface area contributed by atoms with Crippen molar-refractivity contribution >= 4 is 17.7 Å². The van der Waals surface area contributed by atoms with Crippen molar-refractivity contribution in [2.45, 2.75) is 24.5 Å². The molecule has 0 aromatic carbocycles. The van der Waals surface area contributed by atoms with Gasteiger partial charge in [-0.3, -0.25) is 10.1 Å². The normalized spacial score (nSPS) is 33.9. The van der Waals surface area contributed by atoms with E-state index in [1.54, 1.807) is 16.7 Å². The first-order valence-electron chi connectivity index (χ1n) is 5.51. The van der Waals surface area contributed by atoms with Crippen LogP contribution in [-0.2, 0) is 4.79 Å². The summed E-state index contributed by atoms with van der Waals surface area (Å²) in [7, 11) is 0. The number of likely N-dealkylation sites (tertiary alicyclic amines) is 1. The molecular weight excluding hydrogens is 212 g/mol. The molecule has 3 rings (SSSR count). The average Bonchev–Trinajstić information content (AvgIpc) is 2.89. The Balaban J connectivity index is 1.55. The first-order valence-corrected chi connectivity index (χ1v) is 6.67. The smallest absolute Gasteiger partial charge is 0.240 e. The summed E-state index contributed by atoms with van der Waals surface area (Å²) >= 11 is 1.76. The second-order valence-corrected chi connectivity index (χ2v) is 5.87. The summed E-state index contributed by atoms with van der Waals surface area (Å²) in [5.74, 6) is 2.38. The van der Waals surface area contributed by atoms with Gasteiger partial charge >= 0.3 is 0 Å². The molecule has 84 valence electrons. The van der Waals surface area contributed by atoms with Gasteiger partial charge in [-0.25, -0.2) is 0 Å². The summed E-state index contributed by atoms with van der Waals surface area (Å²) < 4.78 is 0. The van der Waals surface area contributed by atoms with E-state index in [1.165, 1.54) is 0 Å². The van der Waals surface area contributed by atoms with Gasteiger partial charge in [0.15, 0.2) is 0 Å². The third kappa shape index (κ3) is 1.66. The molecule has 4 nitrogen and oxygen atoms in total. The number of thioether (sulfide) groups is 1. The van der Waals surface area contributed by atoms with Gasteiger partial charge in [-0.05, 0) is 18.8 Å². The molecule has 3 fully saturated rings. The minimum Gasteiger partial charge on any atom is -0.386 e. The predicted octanol–water partition coefficient (Wildman–Crippen LogP) is -0.368. The third-order valence-corrected chi connectivity index (χ3v) is 4.53. The summed E-state index contributed by atoms with van der Waals surface area (Å²) in [6, 6.07) is -0.0150.